The highest BCUT2D eigenvalue weighted by Crippen LogP contribution is 2.37. The van der Waals surface area contributed by atoms with Crippen LogP contribution in [0.2, 0.25) is 5.02 Å². The van der Waals surface area contributed by atoms with Gasteiger partial charge in [0.1, 0.15) is 0 Å². The van der Waals surface area contributed by atoms with Gasteiger partial charge in [-0.3, -0.25) is 4.79 Å². The van der Waals surface area contributed by atoms with Crippen LogP contribution < -0.4 is 15.0 Å². The van der Waals surface area contributed by atoms with Crippen molar-refractivity contribution in [2.45, 2.75) is 26.9 Å². The minimum Gasteiger partial charge on any atom is -0.490 e. The SMILES string of the molecule is CCOC(=O)[C@H](C)Oc1c(Cl)cc(C=Nn2c(-c3ccccc3)nc3ccccc3c2=O)cc1OCC. The minimum absolute atomic E-state index is 0.218. The Balaban J connectivity index is 1.77. The first-order valence-electron chi connectivity index (χ1n) is 11.8. The summed E-state index contributed by atoms with van der Waals surface area (Å²) in [6, 6.07) is 19.8. The Labute approximate surface area is 219 Å². The van der Waals surface area contributed by atoms with E-state index in [1.807, 2.05) is 43.3 Å². The third-order valence-corrected chi connectivity index (χ3v) is 5.63. The highest BCUT2D eigenvalue weighted by Gasteiger charge is 2.21. The van der Waals surface area contributed by atoms with Gasteiger partial charge < -0.3 is 14.2 Å². The average molecular weight is 520 g/mol. The van der Waals surface area contributed by atoms with Crippen molar-refractivity contribution in [3.8, 4) is 22.9 Å². The molecule has 190 valence electrons. The molecule has 0 radical (unpaired) electrons. The lowest BCUT2D eigenvalue weighted by Gasteiger charge is -2.18. The number of nitrogens with zero attached hydrogens (tertiary/aromatic N) is 3. The Morgan fingerprint density at radius 3 is 2.54 bits per heavy atom. The number of aromatic nitrogens is 2. The Kier molecular flexibility index (Phi) is 8.20. The van der Waals surface area contributed by atoms with Crippen LogP contribution in [-0.4, -0.2) is 41.2 Å². The molecule has 0 amide bonds. The normalized spacial score (nSPS) is 12.0. The van der Waals surface area contributed by atoms with E-state index in [0.717, 1.165) is 5.56 Å². The van der Waals surface area contributed by atoms with Crippen LogP contribution in [0.25, 0.3) is 22.3 Å². The molecule has 0 aliphatic carbocycles. The van der Waals surface area contributed by atoms with Gasteiger partial charge in [0.05, 0.1) is 35.4 Å². The van der Waals surface area contributed by atoms with Crippen LogP contribution in [0.15, 0.2) is 76.6 Å². The van der Waals surface area contributed by atoms with E-state index in [9.17, 15) is 9.59 Å². The fourth-order valence-corrected chi connectivity index (χ4v) is 3.92. The van der Waals surface area contributed by atoms with E-state index in [2.05, 4.69) is 5.10 Å². The number of fused-ring (bicyclic) bond motifs is 1. The molecule has 9 heteroatoms. The summed E-state index contributed by atoms with van der Waals surface area (Å²) in [5.74, 6) is 0.443. The van der Waals surface area contributed by atoms with Gasteiger partial charge in [-0.25, -0.2) is 9.78 Å². The Hall–Kier alpha value is -4.17. The number of para-hydroxylation sites is 1. The first kappa shape index (κ1) is 25.9. The fraction of sp³-hybridized carbons (Fsp3) is 0.214. The summed E-state index contributed by atoms with van der Waals surface area (Å²) in [6.45, 7) is 5.69. The third-order valence-electron chi connectivity index (χ3n) is 5.35. The van der Waals surface area contributed by atoms with E-state index >= 15 is 0 Å². The third kappa shape index (κ3) is 5.81. The van der Waals surface area contributed by atoms with Crippen LogP contribution in [0.3, 0.4) is 0 Å². The fourth-order valence-electron chi connectivity index (χ4n) is 3.65. The van der Waals surface area contributed by atoms with Gasteiger partial charge in [0.15, 0.2) is 23.4 Å². The Morgan fingerprint density at radius 2 is 1.81 bits per heavy atom. The summed E-state index contributed by atoms with van der Waals surface area (Å²) in [5, 5.41) is 5.14. The van der Waals surface area contributed by atoms with E-state index in [0.29, 0.717) is 34.6 Å². The summed E-state index contributed by atoms with van der Waals surface area (Å²) >= 11 is 6.51. The van der Waals surface area contributed by atoms with Crippen molar-refractivity contribution in [2.24, 2.45) is 5.10 Å². The van der Waals surface area contributed by atoms with E-state index in [1.54, 1.807) is 44.2 Å². The van der Waals surface area contributed by atoms with Crippen LogP contribution in [-0.2, 0) is 9.53 Å². The summed E-state index contributed by atoms with van der Waals surface area (Å²) < 4.78 is 17.8. The smallest absolute Gasteiger partial charge is 0.347 e. The monoisotopic (exact) mass is 519 g/mol. The summed E-state index contributed by atoms with van der Waals surface area (Å²) in [6.07, 6.45) is 0.615. The number of halogens is 1. The lowest BCUT2D eigenvalue weighted by molar-refractivity contribution is -0.150. The molecule has 0 aliphatic rings. The van der Waals surface area contributed by atoms with E-state index < -0.39 is 12.1 Å². The minimum atomic E-state index is -0.883. The number of carbonyl (C=O) groups is 1. The lowest BCUT2D eigenvalue weighted by atomic mass is 10.2. The number of rotatable bonds is 9. The van der Waals surface area contributed by atoms with Crippen LogP contribution in [0.1, 0.15) is 26.3 Å². The second-order valence-corrected chi connectivity index (χ2v) is 8.36. The van der Waals surface area contributed by atoms with Crippen molar-refractivity contribution in [3.05, 3.63) is 87.7 Å². The van der Waals surface area contributed by atoms with Crippen molar-refractivity contribution < 1.29 is 19.0 Å². The Bertz CT molecular complexity index is 1500. The van der Waals surface area contributed by atoms with Gasteiger partial charge in [-0.2, -0.15) is 9.78 Å². The zero-order valence-electron chi connectivity index (χ0n) is 20.7. The van der Waals surface area contributed by atoms with Gasteiger partial charge in [-0.05, 0) is 50.6 Å². The molecular weight excluding hydrogens is 494 g/mol. The van der Waals surface area contributed by atoms with Crippen molar-refractivity contribution in [1.29, 1.82) is 0 Å². The molecule has 1 atom stereocenters. The maximum absolute atomic E-state index is 13.4. The van der Waals surface area contributed by atoms with Gasteiger partial charge in [0, 0.05) is 5.56 Å². The van der Waals surface area contributed by atoms with Crippen molar-refractivity contribution in [3.63, 3.8) is 0 Å². The number of hydrogen-bond donors (Lipinski definition) is 0. The number of ether oxygens (including phenoxy) is 3. The van der Waals surface area contributed by atoms with Gasteiger partial charge in [-0.15, -0.1) is 0 Å². The van der Waals surface area contributed by atoms with E-state index in [1.165, 1.54) is 10.9 Å². The van der Waals surface area contributed by atoms with Crippen LogP contribution in [0.4, 0.5) is 0 Å². The second-order valence-electron chi connectivity index (χ2n) is 7.96. The van der Waals surface area contributed by atoms with Gasteiger partial charge in [0.2, 0.25) is 0 Å². The first-order chi connectivity index (χ1) is 17.9. The summed E-state index contributed by atoms with van der Waals surface area (Å²) in [4.78, 5) is 30.1. The van der Waals surface area contributed by atoms with E-state index in [-0.39, 0.29) is 22.9 Å². The van der Waals surface area contributed by atoms with Crippen molar-refractivity contribution >= 4 is 34.7 Å². The van der Waals surface area contributed by atoms with Crippen LogP contribution in [0, 0.1) is 0 Å². The average Bonchev–Trinajstić information content (AvgIpc) is 2.90. The molecule has 0 saturated carbocycles. The molecule has 1 aromatic heterocycles. The molecule has 0 saturated heterocycles. The highest BCUT2D eigenvalue weighted by molar-refractivity contribution is 6.32. The van der Waals surface area contributed by atoms with Crippen molar-refractivity contribution in [2.75, 3.05) is 13.2 Å². The number of hydrogen-bond acceptors (Lipinski definition) is 7. The molecule has 1 heterocycles. The van der Waals surface area contributed by atoms with Crippen LogP contribution in [0.5, 0.6) is 11.5 Å². The molecule has 0 spiro atoms. The quantitative estimate of drug-likeness (QED) is 0.219. The second kappa shape index (κ2) is 11.7. The molecule has 0 fully saturated rings. The summed E-state index contributed by atoms with van der Waals surface area (Å²) in [7, 11) is 0. The Morgan fingerprint density at radius 1 is 1.08 bits per heavy atom. The molecular formula is C28H26ClN3O5. The number of benzene rings is 3. The van der Waals surface area contributed by atoms with Gasteiger partial charge in [-0.1, -0.05) is 54.1 Å². The summed E-state index contributed by atoms with van der Waals surface area (Å²) in [5.41, 5.74) is 1.58. The number of carbonyl (C=O) groups excluding carboxylic acids is 1. The van der Waals surface area contributed by atoms with Gasteiger partial charge >= 0.3 is 5.97 Å². The molecule has 4 rings (SSSR count). The predicted octanol–water partition coefficient (Wildman–Crippen LogP) is 5.33. The largest absolute Gasteiger partial charge is 0.490 e. The molecule has 4 aromatic rings. The van der Waals surface area contributed by atoms with Crippen LogP contribution >= 0.6 is 11.6 Å². The van der Waals surface area contributed by atoms with Gasteiger partial charge in [0.25, 0.3) is 5.56 Å². The molecule has 0 unspecified atom stereocenters. The molecule has 0 N–H and O–H groups in total. The first-order valence-corrected chi connectivity index (χ1v) is 12.2. The van der Waals surface area contributed by atoms with Crippen molar-refractivity contribution in [1.82, 2.24) is 9.66 Å². The number of esters is 1. The predicted molar refractivity (Wildman–Crippen MR) is 144 cm³/mol. The molecule has 0 aliphatic heterocycles. The molecule has 0 bridgehead atoms. The lowest BCUT2D eigenvalue weighted by Crippen LogP contribution is -2.26. The van der Waals surface area contributed by atoms with E-state index in [4.69, 9.17) is 30.8 Å². The zero-order chi connectivity index (χ0) is 26.4. The molecule has 8 nitrogen and oxygen atoms in total. The highest BCUT2D eigenvalue weighted by atomic mass is 35.5. The maximum Gasteiger partial charge on any atom is 0.347 e. The standard InChI is InChI=1S/C28H26ClN3O5/c1-4-35-24-16-19(15-22(29)25(24)37-18(3)28(34)36-5-2)17-30-32-26(20-11-7-6-8-12-20)31-23-14-10-9-13-21(23)27(32)33/h6-18H,4-5H2,1-3H3/t18-/m0/s1. The topological polar surface area (TPSA) is 92.0 Å². The molecule has 37 heavy (non-hydrogen) atoms. The molecule has 3 aromatic carbocycles. The zero-order valence-corrected chi connectivity index (χ0v) is 21.4. The maximum atomic E-state index is 13.4.